The fourth-order valence-corrected chi connectivity index (χ4v) is 4.15. The van der Waals surface area contributed by atoms with E-state index >= 15 is 0 Å². The zero-order valence-electron chi connectivity index (χ0n) is 19.4. The molecule has 0 bridgehead atoms. The van der Waals surface area contributed by atoms with Crippen LogP contribution in [0.4, 0.5) is 0 Å². The first-order valence-corrected chi connectivity index (χ1v) is 12.1. The summed E-state index contributed by atoms with van der Waals surface area (Å²) in [5.41, 5.74) is 0. The molecule has 174 valence electrons. The molecule has 0 amide bonds. The van der Waals surface area contributed by atoms with Gasteiger partial charge in [0.2, 0.25) is 0 Å². The van der Waals surface area contributed by atoms with E-state index < -0.39 is 12.2 Å². The molecule has 2 aliphatic heterocycles. The number of esters is 2. The van der Waals surface area contributed by atoms with Gasteiger partial charge < -0.3 is 18.9 Å². The highest BCUT2D eigenvalue weighted by atomic mass is 16.7. The summed E-state index contributed by atoms with van der Waals surface area (Å²) in [4.78, 5) is 24.9. The topological polar surface area (TPSA) is 71.1 Å². The lowest BCUT2D eigenvalue weighted by molar-refractivity contribution is -0.160. The minimum atomic E-state index is -0.421. The number of carbonyl (C=O) groups is 2. The molecule has 0 saturated carbocycles. The van der Waals surface area contributed by atoms with Crippen LogP contribution in [0.5, 0.6) is 0 Å². The van der Waals surface area contributed by atoms with Crippen molar-refractivity contribution >= 4 is 11.9 Å². The third-order valence-corrected chi connectivity index (χ3v) is 6.28. The molecule has 0 aromatic heterocycles. The van der Waals surface area contributed by atoms with E-state index in [0.29, 0.717) is 13.2 Å². The Balaban J connectivity index is 1.73. The highest BCUT2D eigenvalue weighted by Gasteiger charge is 2.51. The van der Waals surface area contributed by atoms with Gasteiger partial charge >= 0.3 is 11.9 Å². The highest BCUT2D eigenvalue weighted by molar-refractivity contribution is 5.72. The van der Waals surface area contributed by atoms with Gasteiger partial charge in [0.1, 0.15) is 12.2 Å². The van der Waals surface area contributed by atoms with Crippen molar-refractivity contribution < 1.29 is 28.5 Å². The number of carbonyl (C=O) groups excluding carboxylic acids is 2. The summed E-state index contributed by atoms with van der Waals surface area (Å²) in [7, 11) is 0. The van der Waals surface area contributed by atoms with Gasteiger partial charge in [0.25, 0.3) is 0 Å². The van der Waals surface area contributed by atoms with Gasteiger partial charge in [0.05, 0.1) is 25.0 Å². The summed E-state index contributed by atoms with van der Waals surface area (Å²) >= 11 is 0. The lowest BCUT2D eigenvalue weighted by atomic mass is 10.0. The molecule has 6 atom stereocenters. The second-order valence-electron chi connectivity index (χ2n) is 9.05. The Hall–Kier alpha value is -1.14. The molecule has 0 aromatic rings. The van der Waals surface area contributed by atoms with Gasteiger partial charge in [0.15, 0.2) is 12.2 Å². The molecule has 2 rings (SSSR count). The Bertz CT molecular complexity index is 476. The summed E-state index contributed by atoms with van der Waals surface area (Å²) in [6, 6.07) is 0. The van der Waals surface area contributed by atoms with E-state index in [0.717, 1.165) is 38.5 Å². The Kier molecular flexibility index (Phi) is 11.1. The van der Waals surface area contributed by atoms with E-state index in [4.69, 9.17) is 18.9 Å². The smallest absolute Gasteiger partial charge is 0.309 e. The third-order valence-electron chi connectivity index (χ3n) is 6.28. The molecule has 30 heavy (non-hydrogen) atoms. The fraction of sp³-hybridized carbons (Fsp3) is 0.917. The Morgan fingerprint density at radius 2 is 1.13 bits per heavy atom. The van der Waals surface area contributed by atoms with Crippen molar-refractivity contribution in [3.8, 4) is 0 Å². The van der Waals surface area contributed by atoms with E-state index in [1.165, 1.54) is 25.7 Å². The number of unbranched alkanes of at least 4 members (excludes halogenated alkanes) is 6. The van der Waals surface area contributed by atoms with Gasteiger partial charge in [-0.25, -0.2) is 0 Å². The van der Waals surface area contributed by atoms with Crippen LogP contribution in [0.25, 0.3) is 0 Å². The van der Waals surface area contributed by atoms with Crippen molar-refractivity contribution in [3.05, 3.63) is 0 Å². The van der Waals surface area contributed by atoms with Crippen LogP contribution in [0.2, 0.25) is 0 Å². The van der Waals surface area contributed by atoms with Crippen molar-refractivity contribution in [2.45, 2.75) is 116 Å². The van der Waals surface area contributed by atoms with Crippen molar-refractivity contribution in [3.63, 3.8) is 0 Å². The van der Waals surface area contributed by atoms with Gasteiger partial charge in [-0.3, -0.25) is 9.59 Å². The normalized spacial score (nSPS) is 27.5. The Labute approximate surface area is 182 Å². The molecule has 0 N–H and O–H groups in total. The van der Waals surface area contributed by atoms with Crippen molar-refractivity contribution in [1.29, 1.82) is 0 Å². The van der Waals surface area contributed by atoms with Crippen LogP contribution in [0, 0.1) is 11.8 Å². The molecule has 2 unspecified atom stereocenters. The summed E-state index contributed by atoms with van der Waals surface area (Å²) in [5.74, 6) is -0.620. The van der Waals surface area contributed by atoms with E-state index in [1.54, 1.807) is 0 Å². The third kappa shape index (κ3) is 7.52. The molecule has 2 heterocycles. The monoisotopic (exact) mass is 426 g/mol. The Morgan fingerprint density at radius 3 is 1.50 bits per heavy atom. The zero-order chi connectivity index (χ0) is 21.9. The number of fused-ring (bicyclic) bond motifs is 1. The average Bonchev–Trinajstić information content (AvgIpc) is 3.31. The van der Waals surface area contributed by atoms with Crippen LogP contribution >= 0.6 is 0 Å². The maximum absolute atomic E-state index is 12.4. The summed E-state index contributed by atoms with van der Waals surface area (Å²) in [6.07, 6.45) is 9.31. The van der Waals surface area contributed by atoms with E-state index in [-0.39, 0.29) is 36.0 Å². The maximum atomic E-state index is 12.4. The Morgan fingerprint density at radius 1 is 0.733 bits per heavy atom. The minimum absolute atomic E-state index is 0.121. The zero-order valence-corrected chi connectivity index (χ0v) is 19.4. The van der Waals surface area contributed by atoms with E-state index in [1.807, 2.05) is 13.8 Å². The van der Waals surface area contributed by atoms with Gasteiger partial charge in [-0.1, -0.05) is 79.1 Å². The van der Waals surface area contributed by atoms with Crippen LogP contribution < -0.4 is 0 Å². The quantitative estimate of drug-likeness (QED) is 0.293. The lowest BCUT2D eigenvalue weighted by Gasteiger charge is -2.20. The van der Waals surface area contributed by atoms with Crippen LogP contribution in [-0.4, -0.2) is 49.6 Å². The molecule has 2 saturated heterocycles. The number of hydrogen-bond acceptors (Lipinski definition) is 6. The van der Waals surface area contributed by atoms with Gasteiger partial charge in [-0.05, 0) is 12.8 Å². The fourth-order valence-electron chi connectivity index (χ4n) is 4.15. The minimum Gasteiger partial charge on any atom is -0.457 e. The molecule has 0 aromatic carbocycles. The predicted molar refractivity (Wildman–Crippen MR) is 115 cm³/mol. The first-order valence-electron chi connectivity index (χ1n) is 12.1. The highest BCUT2D eigenvalue weighted by Crippen LogP contribution is 2.32. The van der Waals surface area contributed by atoms with Crippen LogP contribution in [0.1, 0.15) is 91.9 Å². The molecule has 0 spiro atoms. The average molecular weight is 427 g/mol. The standard InChI is InChI=1S/C24H42O6/c1-5-7-9-11-13-17(3)23(25)29-19-15-27-22-20(16-28-21(19)22)30-24(26)18(4)14-12-10-8-6-2/h17-22H,5-16H2,1-4H3/t17?,18?,19-,20+,21-,22-/m1/s1. The molecule has 0 aliphatic carbocycles. The van der Waals surface area contributed by atoms with Crippen molar-refractivity contribution in [2.75, 3.05) is 13.2 Å². The molecular formula is C24H42O6. The summed E-state index contributed by atoms with van der Waals surface area (Å²) in [6.45, 7) is 8.78. The first-order chi connectivity index (χ1) is 14.5. The number of rotatable bonds is 14. The maximum Gasteiger partial charge on any atom is 0.309 e. The van der Waals surface area contributed by atoms with Gasteiger partial charge in [-0.15, -0.1) is 0 Å². The van der Waals surface area contributed by atoms with Crippen LogP contribution in [-0.2, 0) is 28.5 Å². The number of ether oxygens (including phenoxy) is 4. The molecule has 2 aliphatic rings. The summed E-state index contributed by atoms with van der Waals surface area (Å²) in [5, 5.41) is 0. The lowest BCUT2D eigenvalue weighted by Crippen LogP contribution is -2.37. The predicted octanol–water partition coefficient (Wildman–Crippen LogP) is 4.82. The SMILES string of the molecule is CCCCCCC(C)C(=O)O[C@H]1CO[C@H]2[C@@H]1OC[C@H]2OC(=O)C(C)CCCCCC. The van der Waals surface area contributed by atoms with Gasteiger partial charge in [0, 0.05) is 0 Å². The van der Waals surface area contributed by atoms with Crippen molar-refractivity contribution in [2.24, 2.45) is 11.8 Å². The van der Waals surface area contributed by atoms with E-state index in [9.17, 15) is 9.59 Å². The van der Waals surface area contributed by atoms with Crippen LogP contribution in [0.3, 0.4) is 0 Å². The summed E-state index contributed by atoms with van der Waals surface area (Å²) < 4.78 is 23.0. The molecular weight excluding hydrogens is 384 g/mol. The number of hydrogen-bond donors (Lipinski definition) is 0. The molecule has 6 heteroatoms. The largest absolute Gasteiger partial charge is 0.457 e. The second-order valence-corrected chi connectivity index (χ2v) is 9.05. The van der Waals surface area contributed by atoms with Crippen LogP contribution in [0.15, 0.2) is 0 Å². The van der Waals surface area contributed by atoms with Gasteiger partial charge in [-0.2, -0.15) is 0 Å². The molecule has 0 radical (unpaired) electrons. The first kappa shape index (κ1) is 25.1. The van der Waals surface area contributed by atoms with Crippen molar-refractivity contribution in [1.82, 2.24) is 0 Å². The second kappa shape index (κ2) is 13.3. The van der Waals surface area contributed by atoms with E-state index in [2.05, 4.69) is 13.8 Å². The molecule has 2 fully saturated rings. The molecule has 6 nitrogen and oxygen atoms in total.